The molecule has 3 aromatic rings. The standard InChI is InChI=1S/C26H29N3O5/c1-29-17-27-15-24(29)23-7-6-19(13-25(23)32-2)12-21(30)11-18-4-3-5-20(10-18)14-28-26(31)34-22-8-9-33-16-22/h3-7,10,13,15,17,22H,8-9,11-12,14,16H2,1-2H3,(H,28,31)/t22-/m0/s1. The predicted molar refractivity (Wildman–Crippen MR) is 127 cm³/mol. The van der Waals surface area contributed by atoms with Gasteiger partial charge in [-0.2, -0.15) is 0 Å². The summed E-state index contributed by atoms with van der Waals surface area (Å²) in [5, 5.41) is 2.76. The number of carbonyl (C=O) groups is 2. The van der Waals surface area contributed by atoms with Gasteiger partial charge in [0.2, 0.25) is 0 Å². The van der Waals surface area contributed by atoms with Crippen molar-refractivity contribution < 1.29 is 23.8 Å². The molecule has 2 heterocycles. The zero-order valence-corrected chi connectivity index (χ0v) is 19.5. The van der Waals surface area contributed by atoms with Gasteiger partial charge in [0.05, 0.1) is 38.5 Å². The third-order valence-corrected chi connectivity index (χ3v) is 5.75. The molecule has 8 nitrogen and oxygen atoms in total. The van der Waals surface area contributed by atoms with Gasteiger partial charge in [0.1, 0.15) is 17.6 Å². The lowest BCUT2D eigenvalue weighted by atomic mass is 9.99. The van der Waals surface area contributed by atoms with E-state index in [0.717, 1.165) is 34.4 Å². The van der Waals surface area contributed by atoms with Crippen LogP contribution >= 0.6 is 0 Å². The minimum absolute atomic E-state index is 0.0982. The van der Waals surface area contributed by atoms with Crippen LogP contribution in [0, 0.1) is 0 Å². The molecule has 178 valence electrons. The summed E-state index contributed by atoms with van der Waals surface area (Å²) < 4.78 is 18.0. The number of benzene rings is 2. The molecular weight excluding hydrogens is 434 g/mol. The highest BCUT2D eigenvalue weighted by Gasteiger charge is 2.19. The van der Waals surface area contributed by atoms with Crippen molar-refractivity contribution in [2.45, 2.75) is 31.9 Å². The summed E-state index contributed by atoms with van der Waals surface area (Å²) in [5.41, 5.74) is 4.58. The van der Waals surface area contributed by atoms with Crippen LogP contribution in [0.5, 0.6) is 5.75 Å². The molecule has 0 saturated carbocycles. The molecule has 0 aliphatic carbocycles. The summed E-state index contributed by atoms with van der Waals surface area (Å²) in [6, 6.07) is 13.5. The summed E-state index contributed by atoms with van der Waals surface area (Å²) in [7, 11) is 3.55. The van der Waals surface area contributed by atoms with Crippen LogP contribution in [0.4, 0.5) is 4.79 Å². The molecule has 34 heavy (non-hydrogen) atoms. The van der Waals surface area contributed by atoms with Gasteiger partial charge in [-0.05, 0) is 28.8 Å². The highest BCUT2D eigenvalue weighted by Crippen LogP contribution is 2.30. The van der Waals surface area contributed by atoms with Crippen LogP contribution in [0.2, 0.25) is 0 Å². The Labute approximate surface area is 198 Å². The molecule has 0 bridgehead atoms. The van der Waals surface area contributed by atoms with E-state index in [0.29, 0.717) is 38.3 Å². The summed E-state index contributed by atoms with van der Waals surface area (Å²) in [6.45, 7) is 1.40. The van der Waals surface area contributed by atoms with Crippen molar-refractivity contribution in [2.24, 2.45) is 7.05 Å². The van der Waals surface area contributed by atoms with Gasteiger partial charge in [-0.3, -0.25) is 4.79 Å². The molecule has 0 unspecified atom stereocenters. The Hall–Kier alpha value is -3.65. The molecule has 1 amide bonds. The van der Waals surface area contributed by atoms with E-state index in [9.17, 15) is 9.59 Å². The van der Waals surface area contributed by atoms with Gasteiger partial charge in [0, 0.05) is 38.4 Å². The summed E-state index contributed by atoms with van der Waals surface area (Å²) >= 11 is 0. The molecule has 1 aromatic heterocycles. The fourth-order valence-corrected chi connectivity index (χ4v) is 4.01. The summed E-state index contributed by atoms with van der Waals surface area (Å²) in [4.78, 5) is 28.9. The van der Waals surface area contributed by atoms with Crippen molar-refractivity contribution in [3.8, 4) is 17.0 Å². The average molecular weight is 464 g/mol. The third kappa shape index (κ3) is 6.02. The van der Waals surface area contributed by atoms with Crippen LogP contribution in [-0.4, -0.2) is 47.9 Å². The Morgan fingerprint density at radius 2 is 1.94 bits per heavy atom. The molecule has 1 aliphatic rings. The predicted octanol–water partition coefficient (Wildman–Crippen LogP) is 3.47. The first kappa shape index (κ1) is 23.5. The van der Waals surface area contributed by atoms with Crippen LogP contribution in [0.1, 0.15) is 23.1 Å². The van der Waals surface area contributed by atoms with Crippen molar-refractivity contribution in [3.63, 3.8) is 0 Å². The Morgan fingerprint density at radius 1 is 1.15 bits per heavy atom. The van der Waals surface area contributed by atoms with Crippen molar-refractivity contribution in [3.05, 3.63) is 71.7 Å². The second-order valence-electron chi connectivity index (χ2n) is 8.38. The van der Waals surface area contributed by atoms with Gasteiger partial charge in [-0.25, -0.2) is 9.78 Å². The maximum atomic E-state index is 12.8. The van der Waals surface area contributed by atoms with E-state index in [1.165, 1.54) is 0 Å². The number of nitrogens with zero attached hydrogens (tertiary/aromatic N) is 2. The Bertz CT molecular complexity index is 1150. The molecule has 1 N–H and O–H groups in total. The van der Waals surface area contributed by atoms with E-state index in [4.69, 9.17) is 14.2 Å². The first-order valence-electron chi connectivity index (χ1n) is 11.3. The number of carbonyl (C=O) groups excluding carboxylic acids is 2. The molecule has 1 fully saturated rings. The maximum Gasteiger partial charge on any atom is 0.407 e. The van der Waals surface area contributed by atoms with Crippen molar-refractivity contribution in [1.82, 2.24) is 14.9 Å². The van der Waals surface area contributed by atoms with Gasteiger partial charge in [0.25, 0.3) is 0 Å². The molecule has 1 saturated heterocycles. The normalized spacial score (nSPS) is 15.2. The van der Waals surface area contributed by atoms with Crippen LogP contribution in [0.25, 0.3) is 11.3 Å². The number of rotatable bonds is 9. The lowest BCUT2D eigenvalue weighted by Crippen LogP contribution is -2.28. The van der Waals surface area contributed by atoms with Crippen LogP contribution in [0.3, 0.4) is 0 Å². The number of ketones is 1. The molecule has 2 aromatic carbocycles. The SMILES string of the molecule is COc1cc(CC(=O)Cc2cccc(CNC(=O)O[C@H]3CCOC3)c2)ccc1-c1cncn1C. The van der Waals surface area contributed by atoms with Crippen LogP contribution in [-0.2, 0) is 40.7 Å². The second-order valence-corrected chi connectivity index (χ2v) is 8.38. The number of ether oxygens (including phenoxy) is 3. The van der Waals surface area contributed by atoms with E-state index >= 15 is 0 Å². The largest absolute Gasteiger partial charge is 0.496 e. The minimum atomic E-state index is -0.458. The number of Topliss-reactive ketones (excluding diaryl/α,β-unsaturated/α-hetero) is 1. The number of methoxy groups -OCH3 is 1. The van der Waals surface area contributed by atoms with Gasteiger partial charge < -0.3 is 24.1 Å². The Morgan fingerprint density at radius 3 is 2.65 bits per heavy atom. The fourth-order valence-electron chi connectivity index (χ4n) is 4.01. The van der Waals surface area contributed by atoms with E-state index in [2.05, 4.69) is 10.3 Å². The molecule has 8 heteroatoms. The summed E-state index contributed by atoms with van der Waals surface area (Å²) in [5.74, 6) is 0.805. The number of hydrogen-bond donors (Lipinski definition) is 1. The zero-order chi connectivity index (χ0) is 23.9. The third-order valence-electron chi connectivity index (χ3n) is 5.75. The molecule has 0 spiro atoms. The van der Waals surface area contributed by atoms with Crippen LogP contribution in [0.15, 0.2) is 55.0 Å². The van der Waals surface area contributed by atoms with Gasteiger partial charge in [0.15, 0.2) is 0 Å². The average Bonchev–Trinajstić information content (AvgIpc) is 3.49. The second kappa shape index (κ2) is 11.0. The molecule has 0 radical (unpaired) electrons. The topological polar surface area (TPSA) is 91.7 Å². The fraction of sp³-hybridized carbons (Fsp3) is 0.346. The number of imidazole rings is 1. The maximum absolute atomic E-state index is 12.8. The van der Waals surface area contributed by atoms with Gasteiger partial charge in [-0.15, -0.1) is 0 Å². The van der Waals surface area contributed by atoms with Gasteiger partial charge in [-0.1, -0.05) is 30.3 Å². The lowest BCUT2D eigenvalue weighted by Gasteiger charge is -2.12. The molecular formula is C26H29N3O5. The Balaban J connectivity index is 1.33. The number of aryl methyl sites for hydroxylation is 1. The number of aromatic nitrogens is 2. The number of alkyl carbamates (subject to hydrolysis) is 1. The molecule has 4 rings (SSSR count). The van der Waals surface area contributed by atoms with Crippen molar-refractivity contribution >= 4 is 11.9 Å². The highest BCUT2D eigenvalue weighted by atomic mass is 16.6. The minimum Gasteiger partial charge on any atom is -0.496 e. The smallest absolute Gasteiger partial charge is 0.407 e. The number of hydrogen-bond acceptors (Lipinski definition) is 6. The quantitative estimate of drug-likeness (QED) is 0.523. The summed E-state index contributed by atoms with van der Waals surface area (Å²) in [6.07, 6.45) is 4.23. The number of amides is 1. The Kier molecular flexibility index (Phi) is 7.59. The highest BCUT2D eigenvalue weighted by molar-refractivity contribution is 5.83. The monoisotopic (exact) mass is 463 g/mol. The van der Waals surface area contributed by atoms with E-state index in [1.54, 1.807) is 19.6 Å². The van der Waals surface area contributed by atoms with E-state index in [-0.39, 0.29) is 11.9 Å². The van der Waals surface area contributed by atoms with Crippen molar-refractivity contribution in [2.75, 3.05) is 20.3 Å². The van der Waals surface area contributed by atoms with E-state index in [1.807, 2.05) is 54.1 Å². The van der Waals surface area contributed by atoms with Crippen LogP contribution < -0.4 is 10.1 Å². The van der Waals surface area contributed by atoms with Gasteiger partial charge >= 0.3 is 6.09 Å². The van der Waals surface area contributed by atoms with Crippen molar-refractivity contribution in [1.29, 1.82) is 0 Å². The number of nitrogens with one attached hydrogen (secondary N) is 1. The molecule has 1 aliphatic heterocycles. The first-order valence-corrected chi connectivity index (χ1v) is 11.3. The molecule has 1 atom stereocenters. The zero-order valence-electron chi connectivity index (χ0n) is 19.5. The van der Waals surface area contributed by atoms with E-state index < -0.39 is 6.09 Å². The first-order chi connectivity index (χ1) is 16.5. The lowest BCUT2D eigenvalue weighted by molar-refractivity contribution is -0.117.